The van der Waals surface area contributed by atoms with E-state index in [1.807, 2.05) is 36.4 Å². The van der Waals surface area contributed by atoms with E-state index in [2.05, 4.69) is 55.6 Å². The molecule has 0 aliphatic heterocycles. The highest BCUT2D eigenvalue weighted by atomic mass is 79.9. The molecule has 186 valence electrons. The van der Waals surface area contributed by atoms with E-state index in [4.69, 9.17) is 11.6 Å². The van der Waals surface area contributed by atoms with Crippen LogP contribution in [-0.4, -0.2) is 17.9 Å². The van der Waals surface area contributed by atoms with Crippen molar-refractivity contribution in [2.45, 2.75) is 51.4 Å². The monoisotopic (exact) mass is 638 g/mol. The summed E-state index contributed by atoms with van der Waals surface area (Å²) in [6.07, 6.45) is 10.9. The molecule has 0 atom stereocenters. The Balaban J connectivity index is 0.00000210. The van der Waals surface area contributed by atoms with E-state index in [9.17, 15) is 9.59 Å². The van der Waals surface area contributed by atoms with E-state index in [0.29, 0.717) is 5.56 Å². The third kappa shape index (κ3) is 10.2. The maximum absolute atomic E-state index is 11.2. The maximum atomic E-state index is 11.2. The number of aldehydes is 1. The molecule has 0 N–H and O–H groups in total. The number of carbonyl (C=O) groups is 2. The number of benzene rings is 3. The van der Waals surface area contributed by atoms with E-state index in [-0.39, 0.29) is 0 Å². The third-order valence-corrected chi connectivity index (χ3v) is 7.53. The maximum Gasteiger partial charge on any atom is 0.252 e. The van der Waals surface area contributed by atoms with Gasteiger partial charge in [-0.25, -0.2) is 0 Å². The molecule has 0 saturated heterocycles. The Kier molecular flexibility index (Phi) is 13.9. The Labute approximate surface area is 235 Å². The Morgan fingerprint density at radius 3 is 1.51 bits per heavy atom. The van der Waals surface area contributed by atoms with Crippen molar-refractivity contribution in [3.05, 3.63) is 103 Å². The molecular weight excluding hydrogens is 611 g/mol. The summed E-state index contributed by atoms with van der Waals surface area (Å²) in [4.78, 5) is 21.9. The summed E-state index contributed by atoms with van der Waals surface area (Å²) in [7, 11) is 0. The van der Waals surface area contributed by atoms with Gasteiger partial charge in [-0.1, -0.05) is 68.3 Å². The van der Waals surface area contributed by atoms with Crippen LogP contribution in [0, 0.1) is 0 Å². The Hall–Kier alpha value is -1.46. The lowest BCUT2D eigenvalue weighted by Crippen LogP contribution is -1.96. The number of hydrogen-bond donors (Lipinski definition) is 0. The van der Waals surface area contributed by atoms with E-state index in [1.165, 1.54) is 37.6 Å². The van der Waals surface area contributed by atoms with Crippen LogP contribution in [0.2, 0.25) is 0 Å². The van der Waals surface area contributed by atoms with E-state index in [0.717, 1.165) is 63.2 Å². The first-order valence-corrected chi connectivity index (χ1v) is 14.4. The summed E-state index contributed by atoms with van der Waals surface area (Å²) in [5, 5.41) is -0.411. The predicted octanol–water partition coefficient (Wildman–Crippen LogP) is 9.39. The molecule has 0 fully saturated rings. The highest BCUT2D eigenvalue weighted by Crippen LogP contribution is 2.29. The van der Waals surface area contributed by atoms with Crippen LogP contribution in [-0.2, 0) is 25.7 Å². The molecule has 3 rings (SSSR count). The Morgan fingerprint density at radius 1 is 0.714 bits per heavy atom. The van der Waals surface area contributed by atoms with Gasteiger partial charge in [0.2, 0.25) is 0 Å². The van der Waals surface area contributed by atoms with Gasteiger partial charge in [0.25, 0.3) is 5.24 Å². The van der Waals surface area contributed by atoms with E-state index < -0.39 is 5.24 Å². The SMILES string of the molecule is CCl.O=Cc1ccc(CCCCc2cc(Br)c(CCCCc3ccc(C(=O)Cl)cc3)cc2Br)cc1. The molecule has 0 aliphatic carbocycles. The van der Waals surface area contributed by atoms with Crippen molar-refractivity contribution < 1.29 is 9.59 Å². The quantitative estimate of drug-likeness (QED) is 0.0855. The largest absolute Gasteiger partial charge is 0.298 e. The molecule has 2 nitrogen and oxygen atoms in total. The van der Waals surface area contributed by atoms with Gasteiger partial charge in [0, 0.05) is 26.5 Å². The zero-order valence-electron chi connectivity index (χ0n) is 19.8. The van der Waals surface area contributed by atoms with Crippen LogP contribution in [0.5, 0.6) is 0 Å². The predicted molar refractivity (Wildman–Crippen MR) is 155 cm³/mol. The molecule has 0 bridgehead atoms. The van der Waals surface area contributed by atoms with Crippen LogP contribution in [0.3, 0.4) is 0 Å². The molecular formula is C29H30Br2Cl2O2. The van der Waals surface area contributed by atoms with Crippen LogP contribution in [0.25, 0.3) is 0 Å². The molecule has 6 heteroatoms. The smallest absolute Gasteiger partial charge is 0.252 e. The normalized spacial score (nSPS) is 10.4. The average Bonchev–Trinajstić information content (AvgIpc) is 2.88. The number of halogens is 4. The zero-order valence-corrected chi connectivity index (χ0v) is 24.5. The molecule has 0 amide bonds. The zero-order chi connectivity index (χ0) is 25.6. The minimum atomic E-state index is -0.411. The van der Waals surface area contributed by atoms with Crippen LogP contribution in [0.4, 0.5) is 0 Å². The summed E-state index contributed by atoms with van der Waals surface area (Å²) < 4.78 is 2.35. The summed E-state index contributed by atoms with van der Waals surface area (Å²) in [6.45, 7) is 0. The van der Waals surface area contributed by atoms with Crippen molar-refractivity contribution in [2.75, 3.05) is 6.38 Å². The van der Waals surface area contributed by atoms with Crippen LogP contribution >= 0.6 is 55.1 Å². The first-order valence-electron chi connectivity index (χ1n) is 11.6. The molecule has 0 aliphatic rings. The minimum absolute atomic E-state index is 0.411. The summed E-state index contributed by atoms with van der Waals surface area (Å²) >= 11 is 17.7. The van der Waals surface area contributed by atoms with Crippen molar-refractivity contribution in [2.24, 2.45) is 0 Å². The average molecular weight is 641 g/mol. The van der Waals surface area contributed by atoms with Gasteiger partial charge >= 0.3 is 0 Å². The Morgan fingerprint density at radius 2 is 1.11 bits per heavy atom. The molecule has 35 heavy (non-hydrogen) atoms. The van der Waals surface area contributed by atoms with Crippen molar-refractivity contribution in [3.63, 3.8) is 0 Å². The molecule has 0 spiro atoms. The standard InChI is InChI=1S/C28H27Br2ClO2.CH3Cl/c29-26-18-25(8-4-2-6-21-13-15-23(16-14-21)28(31)33)27(30)17-24(26)7-3-1-5-20-9-11-22(19-32)12-10-20;1-2/h9-19H,1-8H2;1H3. The van der Waals surface area contributed by atoms with Crippen LogP contribution < -0.4 is 0 Å². The van der Waals surface area contributed by atoms with E-state index >= 15 is 0 Å². The van der Waals surface area contributed by atoms with Crippen LogP contribution in [0.15, 0.2) is 69.6 Å². The fraction of sp³-hybridized carbons (Fsp3) is 0.310. The van der Waals surface area contributed by atoms with Gasteiger partial charge in [-0.3, -0.25) is 9.59 Å². The highest BCUT2D eigenvalue weighted by Gasteiger charge is 2.08. The molecule has 0 saturated carbocycles. The first-order chi connectivity index (χ1) is 17.0. The summed E-state index contributed by atoms with van der Waals surface area (Å²) in [5.41, 5.74) is 6.43. The second-order valence-electron chi connectivity index (χ2n) is 8.28. The van der Waals surface area contributed by atoms with E-state index in [1.54, 1.807) is 12.1 Å². The second-order valence-corrected chi connectivity index (χ2v) is 10.3. The molecule has 0 unspecified atom stereocenters. The first kappa shape index (κ1) is 29.8. The number of carbonyl (C=O) groups excluding carboxylic acids is 2. The van der Waals surface area contributed by atoms with Gasteiger partial charge in [0.05, 0.1) is 0 Å². The van der Waals surface area contributed by atoms with Gasteiger partial charge in [-0.2, -0.15) is 0 Å². The molecule has 0 radical (unpaired) electrons. The van der Waals surface area contributed by atoms with Crippen molar-refractivity contribution in [1.82, 2.24) is 0 Å². The lowest BCUT2D eigenvalue weighted by molar-refractivity contribution is 0.108. The number of unbranched alkanes of at least 4 members (excludes halogenated alkanes) is 2. The summed E-state index contributed by atoms with van der Waals surface area (Å²) in [5.74, 6) is 0. The van der Waals surface area contributed by atoms with Crippen LogP contribution in [0.1, 0.15) is 68.7 Å². The van der Waals surface area contributed by atoms with Gasteiger partial charge in [-0.05, 0) is 109 Å². The molecule has 0 heterocycles. The van der Waals surface area contributed by atoms with Crippen molar-refractivity contribution in [3.8, 4) is 0 Å². The lowest BCUT2D eigenvalue weighted by atomic mass is 10.00. The fourth-order valence-corrected chi connectivity index (χ4v) is 5.17. The third-order valence-electron chi connectivity index (χ3n) is 5.84. The van der Waals surface area contributed by atoms with Crippen molar-refractivity contribution >= 4 is 66.6 Å². The van der Waals surface area contributed by atoms with Crippen molar-refractivity contribution in [1.29, 1.82) is 0 Å². The number of hydrogen-bond acceptors (Lipinski definition) is 2. The van der Waals surface area contributed by atoms with Gasteiger partial charge < -0.3 is 0 Å². The number of alkyl halides is 1. The Bertz CT molecular complexity index is 1080. The van der Waals surface area contributed by atoms with Gasteiger partial charge in [-0.15, -0.1) is 11.6 Å². The fourth-order valence-electron chi connectivity index (χ4n) is 3.87. The number of aryl methyl sites for hydroxylation is 4. The second kappa shape index (κ2) is 16.3. The summed E-state index contributed by atoms with van der Waals surface area (Å²) in [6, 6.07) is 19.9. The molecule has 3 aromatic rings. The highest BCUT2D eigenvalue weighted by molar-refractivity contribution is 9.11. The van der Waals surface area contributed by atoms with Gasteiger partial charge in [0.1, 0.15) is 6.29 Å². The van der Waals surface area contributed by atoms with Gasteiger partial charge in [0.15, 0.2) is 0 Å². The number of rotatable bonds is 12. The molecule has 0 aromatic heterocycles. The minimum Gasteiger partial charge on any atom is -0.298 e. The lowest BCUT2D eigenvalue weighted by Gasteiger charge is -2.11. The topological polar surface area (TPSA) is 34.1 Å². The molecule has 3 aromatic carbocycles.